The van der Waals surface area contributed by atoms with E-state index in [1.165, 1.54) is 12.3 Å². The van der Waals surface area contributed by atoms with Gasteiger partial charge in [-0.3, -0.25) is 10.1 Å². The second kappa shape index (κ2) is 6.04. The van der Waals surface area contributed by atoms with Gasteiger partial charge in [0.05, 0.1) is 0 Å². The number of nitriles is 1. The monoisotopic (exact) mass is 291 g/mol. The summed E-state index contributed by atoms with van der Waals surface area (Å²) in [4.78, 5) is 15.6. The topological polar surface area (TPSA) is 65.8 Å². The van der Waals surface area contributed by atoms with Gasteiger partial charge in [-0.2, -0.15) is 5.26 Å². The van der Waals surface area contributed by atoms with Crippen molar-refractivity contribution in [2.75, 3.05) is 5.32 Å². The predicted octanol–water partition coefficient (Wildman–Crippen LogP) is 2.97. The van der Waals surface area contributed by atoms with Gasteiger partial charge in [0.1, 0.15) is 23.3 Å². The lowest BCUT2D eigenvalue weighted by molar-refractivity contribution is -0.112. The standard InChI is InChI=1S/C13H7F2N3OS/c14-10-2-1-3-11(15)9(10)6-8(7-16)12(19)18-13-17-4-5-20-13/h1-6H,(H,17,18,19)/b8-6+. The molecule has 1 amide bonds. The second-order valence-electron chi connectivity index (χ2n) is 3.60. The zero-order valence-corrected chi connectivity index (χ0v) is 10.7. The molecule has 2 rings (SSSR count). The zero-order chi connectivity index (χ0) is 14.5. The highest BCUT2D eigenvalue weighted by Gasteiger charge is 2.14. The van der Waals surface area contributed by atoms with E-state index in [2.05, 4.69) is 10.3 Å². The summed E-state index contributed by atoms with van der Waals surface area (Å²) in [6.45, 7) is 0. The molecule has 100 valence electrons. The fraction of sp³-hybridized carbons (Fsp3) is 0. The first-order valence-corrected chi connectivity index (χ1v) is 6.26. The third-order valence-corrected chi connectivity index (χ3v) is 2.99. The van der Waals surface area contributed by atoms with E-state index in [-0.39, 0.29) is 0 Å². The molecule has 0 aliphatic rings. The van der Waals surface area contributed by atoms with Crippen LogP contribution in [0.3, 0.4) is 0 Å². The molecule has 1 heterocycles. The normalized spacial score (nSPS) is 10.9. The Morgan fingerprint density at radius 3 is 2.65 bits per heavy atom. The van der Waals surface area contributed by atoms with Crippen molar-refractivity contribution in [3.8, 4) is 6.07 Å². The van der Waals surface area contributed by atoms with E-state index >= 15 is 0 Å². The highest BCUT2D eigenvalue weighted by Crippen LogP contribution is 2.17. The van der Waals surface area contributed by atoms with E-state index in [1.54, 1.807) is 11.4 Å². The third-order valence-electron chi connectivity index (χ3n) is 2.31. The molecule has 20 heavy (non-hydrogen) atoms. The van der Waals surface area contributed by atoms with Crippen LogP contribution in [0.15, 0.2) is 35.3 Å². The summed E-state index contributed by atoms with van der Waals surface area (Å²) >= 11 is 1.16. The largest absolute Gasteiger partial charge is 0.297 e. The maximum atomic E-state index is 13.5. The van der Waals surface area contributed by atoms with Crippen LogP contribution >= 0.6 is 11.3 Å². The van der Waals surface area contributed by atoms with Crippen molar-refractivity contribution in [1.82, 2.24) is 4.98 Å². The average Bonchev–Trinajstić information content (AvgIpc) is 2.91. The van der Waals surface area contributed by atoms with E-state index < -0.39 is 28.7 Å². The Labute approximate surface area is 117 Å². The van der Waals surface area contributed by atoms with Crippen LogP contribution in [-0.2, 0) is 4.79 Å². The van der Waals surface area contributed by atoms with Gasteiger partial charge < -0.3 is 0 Å². The number of aromatic nitrogens is 1. The molecule has 0 atom stereocenters. The molecule has 0 radical (unpaired) electrons. The van der Waals surface area contributed by atoms with Crippen LogP contribution < -0.4 is 5.32 Å². The Hall–Kier alpha value is -2.59. The molecule has 0 saturated carbocycles. The first-order chi connectivity index (χ1) is 9.61. The van der Waals surface area contributed by atoms with E-state index in [0.29, 0.717) is 5.13 Å². The molecule has 7 heteroatoms. The van der Waals surface area contributed by atoms with E-state index in [4.69, 9.17) is 5.26 Å². The lowest BCUT2D eigenvalue weighted by atomic mass is 10.1. The molecule has 1 aromatic carbocycles. The number of halogens is 2. The minimum atomic E-state index is -0.847. The minimum Gasteiger partial charge on any atom is -0.297 e. The van der Waals surface area contributed by atoms with Gasteiger partial charge >= 0.3 is 0 Å². The summed E-state index contributed by atoms with van der Waals surface area (Å²) in [6, 6.07) is 4.90. The Bertz CT molecular complexity index is 685. The maximum Gasteiger partial charge on any atom is 0.268 e. The van der Waals surface area contributed by atoms with Crippen LogP contribution in [0.4, 0.5) is 13.9 Å². The molecule has 0 aliphatic carbocycles. The van der Waals surface area contributed by atoms with Crippen LogP contribution in [0.2, 0.25) is 0 Å². The van der Waals surface area contributed by atoms with Crippen molar-refractivity contribution in [1.29, 1.82) is 5.26 Å². The minimum absolute atomic E-state index is 0.296. The van der Waals surface area contributed by atoms with Gasteiger partial charge in [0.15, 0.2) is 5.13 Å². The molecule has 0 unspecified atom stereocenters. The number of hydrogen-bond acceptors (Lipinski definition) is 4. The van der Waals surface area contributed by atoms with Crippen molar-refractivity contribution in [2.45, 2.75) is 0 Å². The SMILES string of the molecule is N#C/C(=C\c1c(F)cccc1F)C(=O)Nc1nccs1. The molecular formula is C13H7F2N3OS. The fourth-order valence-electron chi connectivity index (χ4n) is 1.39. The number of carbonyl (C=O) groups is 1. The van der Waals surface area contributed by atoms with Gasteiger partial charge in [-0.1, -0.05) is 6.07 Å². The first kappa shape index (κ1) is 13.8. The lowest BCUT2D eigenvalue weighted by Crippen LogP contribution is -2.13. The van der Waals surface area contributed by atoms with Crippen LogP contribution in [-0.4, -0.2) is 10.9 Å². The number of carbonyl (C=O) groups excluding carboxylic acids is 1. The van der Waals surface area contributed by atoms with Crippen LogP contribution in [0.1, 0.15) is 5.56 Å². The Balaban J connectivity index is 2.30. The van der Waals surface area contributed by atoms with E-state index in [9.17, 15) is 13.6 Å². The fourth-order valence-corrected chi connectivity index (χ4v) is 1.92. The smallest absolute Gasteiger partial charge is 0.268 e. The molecule has 2 aromatic rings. The average molecular weight is 291 g/mol. The highest BCUT2D eigenvalue weighted by molar-refractivity contribution is 7.13. The zero-order valence-electron chi connectivity index (χ0n) is 9.93. The number of amides is 1. The van der Waals surface area contributed by atoms with Gasteiger partial charge in [-0.15, -0.1) is 11.3 Å². The number of thiazole rings is 1. The Morgan fingerprint density at radius 2 is 2.10 bits per heavy atom. The summed E-state index contributed by atoms with van der Waals surface area (Å²) < 4.78 is 26.9. The Morgan fingerprint density at radius 1 is 1.40 bits per heavy atom. The summed E-state index contributed by atoms with van der Waals surface area (Å²) in [6.07, 6.45) is 2.35. The van der Waals surface area contributed by atoms with Crippen molar-refractivity contribution in [3.63, 3.8) is 0 Å². The Kier molecular flexibility index (Phi) is 4.17. The van der Waals surface area contributed by atoms with Crippen molar-refractivity contribution in [2.24, 2.45) is 0 Å². The van der Waals surface area contributed by atoms with Gasteiger partial charge in [0.25, 0.3) is 5.91 Å². The van der Waals surface area contributed by atoms with E-state index in [1.807, 2.05) is 0 Å². The van der Waals surface area contributed by atoms with Gasteiger partial charge in [0.2, 0.25) is 0 Å². The van der Waals surface area contributed by atoms with Gasteiger partial charge in [0, 0.05) is 17.1 Å². The lowest BCUT2D eigenvalue weighted by Gasteiger charge is -2.02. The van der Waals surface area contributed by atoms with Crippen LogP contribution in [0, 0.1) is 23.0 Å². The number of nitrogens with one attached hydrogen (secondary N) is 1. The van der Waals surface area contributed by atoms with Crippen molar-refractivity contribution in [3.05, 3.63) is 52.5 Å². The summed E-state index contributed by atoms with van der Waals surface area (Å²) in [5.41, 5.74) is -0.845. The number of nitrogens with zero attached hydrogens (tertiary/aromatic N) is 2. The van der Waals surface area contributed by atoms with Crippen molar-refractivity contribution < 1.29 is 13.6 Å². The van der Waals surface area contributed by atoms with Crippen LogP contribution in [0.5, 0.6) is 0 Å². The highest BCUT2D eigenvalue weighted by atomic mass is 32.1. The number of rotatable bonds is 3. The van der Waals surface area contributed by atoms with Crippen molar-refractivity contribution >= 4 is 28.5 Å². The molecule has 4 nitrogen and oxygen atoms in total. The molecule has 1 N–H and O–H groups in total. The molecule has 0 fully saturated rings. The molecule has 0 bridgehead atoms. The summed E-state index contributed by atoms with van der Waals surface area (Å²) in [5, 5.41) is 13.2. The third kappa shape index (κ3) is 3.05. The summed E-state index contributed by atoms with van der Waals surface area (Å²) in [5.74, 6) is -2.47. The molecule has 1 aromatic heterocycles. The van der Waals surface area contributed by atoms with Gasteiger partial charge in [-0.05, 0) is 18.2 Å². The summed E-state index contributed by atoms with van der Waals surface area (Å²) in [7, 11) is 0. The number of hydrogen-bond donors (Lipinski definition) is 1. The van der Waals surface area contributed by atoms with Gasteiger partial charge in [-0.25, -0.2) is 13.8 Å². The first-order valence-electron chi connectivity index (χ1n) is 5.38. The maximum absolute atomic E-state index is 13.5. The molecule has 0 aliphatic heterocycles. The molecule has 0 saturated heterocycles. The quantitative estimate of drug-likeness (QED) is 0.698. The number of benzene rings is 1. The number of anilines is 1. The molecular weight excluding hydrogens is 284 g/mol. The second-order valence-corrected chi connectivity index (χ2v) is 4.49. The van der Waals surface area contributed by atoms with E-state index in [0.717, 1.165) is 29.5 Å². The molecule has 0 spiro atoms. The predicted molar refractivity (Wildman–Crippen MR) is 70.7 cm³/mol. The van der Waals surface area contributed by atoms with Crippen LogP contribution in [0.25, 0.3) is 6.08 Å².